The summed E-state index contributed by atoms with van der Waals surface area (Å²) >= 11 is 0. The topological polar surface area (TPSA) is 0 Å². The molecule has 0 N–H and O–H groups in total. The van der Waals surface area contributed by atoms with E-state index in [0.29, 0.717) is 5.56 Å². The van der Waals surface area contributed by atoms with Gasteiger partial charge in [-0.25, -0.2) is 24.3 Å². The smallest absolute Gasteiger partial charge is 0.214 e. The molecule has 0 aliphatic heterocycles. The summed E-state index contributed by atoms with van der Waals surface area (Å²) in [7, 11) is -3.95. The second kappa shape index (κ2) is 9.39. The molecule has 0 heterocycles. The Morgan fingerprint density at radius 3 is 1.73 bits per heavy atom. The average Bonchev–Trinajstić information content (AvgIpc) is 3.01. The molecular formula is C14H13F6FeP. The molecule has 2 rings (SSSR count). The summed E-state index contributed by atoms with van der Waals surface area (Å²) in [5.74, 6) is -10.3. The average molecular weight is 382 g/mol. The van der Waals surface area contributed by atoms with Crippen molar-refractivity contribution in [3.05, 3.63) is 60.2 Å². The van der Waals surface area contributed by atoms with Crippen LogP contribution in [-0.4, -0.2) is 18.0 Å². The van der Waals surface area contributed by atoms with Crippen molar-refractivity contribution in [2.24, 2.45) is 0 Å². The Balaban J connectivity index is 0.000000622. The molecule has 124 valence electrons. The van der Waals surface area contributed by atoms with Gasteiger partial charge in [-0.15, -0.1) is 0 Å². The molecule has 0 aliphatic rings. The van der Waals surface area contributed by atoms with Crippen LogP contribution in [0.15, 0.2) is 54.6 Å². The van der Waals surface area contributed by atoms with Crippen LogP contribution in [0.25, 0.3) is 0 Å². The van der Waals surface area contributed by atoms with Crippen LogP contribution in [0, 0.1) is 0 Å². The van der Waals surface area contributed by atoms with E-state index in [1.165, 1.54) is 12.1 Å². The summed E-state index contributed by atoms with van der Waals surface area (Å²) in [4.78, 5) is 0. The maximum Gasteiger partial charge on any atom is 2.00 e. The minimum atomic E-state index is -5.17. The summed E-state index contributed by atoms with van der Waals surface area (Å²) in [6.07, 6.45) is -1.09. The molecule has 0 aliphatic carbocycles. The van der Waals surface area contributed by atoms with Crippen LogP contribution < -0.4 is 0 Å². The van der Waals surface area contributed by atoms with Crippen LogP contribution in [0.1, 0.15) is 5.56 Å². The maximum absolute atomic E-state index is 12.2. The SMILES string of the molecule is FC(F)(F)P(CCc1ccc[cH-]1)C(F)(F)F.[Fe+2].c1cc[cH-]c1. The van der Waals surface area contributed by atoms with Gasteiger partial charge in [0.05, 0.1) is 0 Å². The monoisotopic (exact) mass is 382 g/mol. The van der Waals surface area contributed by atoms with Crippen LogP contribution in [0.2, 0.25) is 0 Å². The van der Waals surface area contributed by atoms with E-state index in [2.05, 4.69) is 0 Å². The molecule has 0 unspecified atom stereocenters. The van der Waals surface area contributed by atoms with E-state index in [4.69, 9.17) is 0 Å². The van der Waals surface area contributed by atoms with Crippen molar-refractivity contribution in [3.8, 4) is 0 Å². The van der Waals surface area contributed by atoms with E-state index in [1.807, 2.05) is 30.3 Å². The first-order valence-electron chi connectivity index (χ1n) is 5.99. The maximum atomic E-state index is 12.2. The van der Waals surface area contributed by atoms with Gasteiger partial charge in [-0.1, -0.05) is 0 Å². The van der Waals surface area contributed by atoms with Crippen molar-refractivity contribution in [1.82, 2.24) is 0 Å². The van der Waals surface area contributed by atoms with Crippen molar-refractivity contribution in [3.63, 3.8) is 0 Å². The van der Waals surface area contributed by atoms with Crippen molar-refractivity contribution in [1.29, 1.82) is 0 Å². The van der Waals surface area contributed by atoms with Gasteiger partial charge in [-0.2, -0.15) is 62.2 Å². The molecule has 0 spiro atoms. The van der Waals surface area contributed by atoms with Crippen LogP contribution in [-0.2, 0) is 23.5 Å². The summed E-state index contributed by atoms with van der Waals surface area (Å²) in [6, 6.07) is 16.2. The predicted molar refractivity (Wildman–Crippen MR) is 71.7 cm³/mol. The van der Waals surface area contributed by atoms with E-state index in [0.717, 1.165) is 0 Å². The molecule has 0 aromatic heterocycles. The van der Waals surface area contributed by atoms with E-state index in [-0.39, 0.29) is 23.5 Å². The van der Waals surface area contributed by atoms with Crippen LogP contribution in [0.4, 0.5) is 26.3 Å². The zero-order valence-electron chi connectivity index (χ0n) is 11.2. The molecule has 22 heavy (non-hydrogen) atoms. The first-order chi connectivity index (χ1) is 9.71. The minimum absolute atomic E-state index is 0. The number of rotatable bonds is 3. The number of hydrogen-bond acceptors (Lipinski definition) is 0. The number of aryl methyl sites for hydroxylation is 1. The summed E-state index contributed by atoms with van der Waals surface area (Å²) in [5, 5.41) is 0. The summed E-state index contributed by atoms with van der Waals surface area (Å²) in [5.41, 5.74) is 0.501. The fourth-order valence-corrected chi connectivity index (χ4v) is 2.82. The molecule has 0 amide bonds. The van der Waals surface area contributed by atoms with Crippen LogP contribution in [0.3, 0.4) is 0 Å². The Morgan fingerprint density at radius 1 is 0.864 bits per heavy atom. The van der Waals surface area contributed by atoms with Gasteiger partial charge in [0, 0.05) is 0 Å². The van der Waals surface area contributed by atoms with Gasteiger partial charge in [0.15, 0.2) is 0 Å². The Hall–Kier alpha value is -0.771. The van der Waals surface area contributed by atoms with Crippen molar-refractivity contribution in [2.75, 3.05) is 6.16 Å². The van der Waals surface area contributed by atoms with Gasteiger partial charge >= 0.3 is 28.9 Å². The fraction of sp³-hybridized carbons (Fsp3) is 0.286. The zero-order valence-corrected chi connectivity index (χ0v) is 13.2. The standard InChI is InChI=1S/C9H8F6P.C5H5.Fe/c10-8(11,12)16(9(13,14)15)6-5-7-3-1-2-4-7;1-2-4-5-3-1;/h1-4H,5-6H2;1-5H;/q2*-1;+2. The third kappa shape index (κ3) is 8.02. The first-order valence-corrected chi connectivity index (χ1v) is 7.52. The quantitative estimate of drug-likeness (QED) is 0.270. The Labute approximate surface area is 136 Å². The van der Waals surface area contributed by atoms with E-state index < -0.39 is 25.9 Å². The molecule has 0 saturated carbocycles. The van der Waals surface area contributed by atoms with Gasteiger partial charge in [0.2, 0.25) is 0 Å². The normalized spacial score (nSPS) is 11.6. The molecule has 0 saturated heterocycles. The Morgan fingerprint density at radius 2 is 1.41 bits per heavy atom. The van der Waals surface area contributed by atoms with E-state index in [1.54, 1.807) is 12.1 Å². The van der Waals surface area contributed by atoms with Gasteiger partial charge < -0.3 is 0 Å². The second-order valence-electron chi connectivity index (χ2n) is 4.09. The molecular weight excluding hydrogens is 369 g/mol. The molecule has 0 atom stereocenters. The zero-order chi connectivity index (χ0) is 15.9. The Kier molecular flexibility index (Phi) is 9.06. The van der Waals surface area contributed by atoms with Gasteiger partial charge in [0.25, 0.3) is 0 Å². The van der Waals surface area contributed by atoms with Crippen molar-refractivity contribution < 1.29 is 43.4 Å². The predicted octanol–water partition coefficient (Wildman–Crippen LogP) is 5.87. The van der Waals surface area contributed by atoms with Crippen molar-refractivity contribution in [2.45, 2.75) is 18.3 Å². The molecule has 0 fully saturated rings. The number of alkyl halides is 6. The molecule has 2 aromatic carbocycles. The van der Waals surface area contributed by atoms with Crippen LogP contribution >= 0.6 is 7.92 Å². The number of halogens is 6. The van der Waals surface area contributed by atoms with E-state index in [9.17, 15) is 26.3 Å². The minimum Gasteiger partial charge on any atom is -0.214 e. The number of hydrogen-bond donors (Lipinski definition) is 0. The van der Waals surface area contributed by atoms with Crippen molar-refractivity contribution >= 4 is 7.92 Å². The third-order valence-electron chi connectivity index (χ3n) is 2.52. The van der Waals surface area contributed by atoms with Crippen LogP contribution in [0.5, 0.6) is 0 Å². The summed E-state index contributed by atoms with van der Waals surface area (Å²) in [6.45, 7) is 0. The molecule has 8 heteroatoms. The first kappa shape index (κ1) is 21.2. The second-order valence-corrected chi connectivity index (χ2v) is 6.41. The Bertz CT molecular complexity index is 441. The molecule has 0 radical (unpaired) electrons. The molecule has 2 aromatic rings. The van der Waals surface area contributed by atoms with Gasteiger partial charge in [0.1, 0.15) is 7.92 Å². The summed E-state index contributed by atoms with van der Waals surface area (Å²) < 4.78 is 72.9. The van der Waals surface area contributed by atoms with Gasteiger partial charge in [-0.05, 0) is 12.6 Å². The molecule has 0 bridgehead atoms. The fourth-order valence-electron chi connectivity index (χ4n) is 1.54. The largest absolute Gasteiger partial charge is 2.00 e. The van der Waals surface area contributed by atoms with Gasteiger partial charge in [-0.3, -0.25) is 0 Å². The third-order valence-corrected chi connectivity index (χ3v) is 4.42. The van der Waals surface area contributed by atoms with E-state index >= 15 is 0 Å². The molecule has 0 nitrogen and oxygen atoms in total.